The lowest BCUT2D eigenvalue weighted by atomic mass is 10.3. The predicted octanol–water partition coefficient (Wildman–Crippen LogP) is 0.535. The van der Waals surface area contributed by atoms with Crippen LogP contribution in [0.5, 0.6) is 0 Å². The van der Waals surface area contributed by atoms with Gasteiger partial charge in [-0.1, -0.05) is 0 Å². The maximum Gasteiger partial charge on any atom is 0.345 e. The normalized spacial score (nSPS) is 10.0. The Hall–Kier alpha value is -3.08. The van der Waals surface area contributed by atoms with Crippen LogP contribution in [0.3, 0.4) is 0 Å². The number of hydrogen-bond donors (Lipinski definition) is 2. The molecule has 0 saturated heterocycles. The molecule has 11 heteroatoms. The molecule has 0 unspecified atom stereocenters. The maximum absolute atomic E-state index is 11.6. The van der Waals surface area contributed by atoms with Gasteiger partial charge in [0, 0.05) is 6.20 Å². The van der Waals surface area contributed by atoms with Gasteiger partial charge in [0.15, 0.2) is 11.7 Å². The van der Waals surface area contributed by atoms with Crippen LogP contribution < -0.4 is 10.9 Å². The Morgan fingerprint density at radius 2 is 2.27 bits per heavy atom. The summed E-state index contributed by atoms with van der Waals surface area (Å²) < 4.78 is 4.67. The van der Waals surface area contributed by atoms with Gasteiger partial charge in [-0.2, -0.15) is 0 Å². The predicted molar refractivity (Wildman–Crippen MR) is 74.7 cm³/mol. The summed E-state index contributed by atoms with van der Waals surface area (Å²) in [7, 11) is 0. The molecule has 114 valence electrons. The highest BCUT2D eigenvalue weighted by atomic mass is 32.1. The number of nitro groups is 1. The van der Waals surface area contributed by atoms with Gasteiger partial charge in [-0.05, 0) is 23.5 Å². The van der Waals surface area contributed by atoms with Crippen LogP contribution in [-0.2, 0) is 9.53 Å². The fourth-order valence-corrected chi connectivity index (χ4v) is 2.00. The Kier molecular flexibility index (Phi) is 4.58. The molecule has 2 aromatic heterocycles. The van der Waals surface area contributed by atoms with E-state index in [1.807, 2.05) is 0 Å². The lowest BCUT2D eigenvalue weighted by Crippen LogP contribution is -2.24. The van der Waals surface area contributed by atoms with Crippen LogP contribution in [0.1, 0.15) is 10.4 Å². The van der Waals surface area contributed by atoms with E-state index in [0.717, 1.165) is 6.20 Å². The summed E-state index contributed by atoms with van der Waals surface area (Å²) in [5.74, 6) is -1.69. The molecule has 0 saturated carbocycles. The number of carbonyl (C=O) groups excluding carboxylic acids is 2. The van der Waals surface area contributed by atoms with Crippen LogP contribution in [0.4, 0.5) is 10.1 Å². The second-order valence-corrected chi connectivity index (χ2v) is 4.81. The third-order valence-corrected chi connectivity index (χ3v) is 3.16. The zero-order chi connectivity index (χ0) is 16.1. The van der Waals surface area contributed by atoms with E-state index < -0.39 is 29.0 Å². The molecule has 10 nitrogen and oxygen atoms in total. The summed E-state index contributed by atoms with van der Waals surface area (Å²) in [6.45, 7) is -0.652. The van der Waals surface area contributed by atoms with E-state index >= 15 is 0 Å². The van der Waals surface area contributed by atoms with Gasteiger partial charge in [0.05, 0.1) is 4.92 Å². The molecule has 0 aliphatic rings. The van der Waals surface area contributed by atoms with Crippen molar-refractivity contribution in [3.05, 3.63) is 50.6 Å². The molecular formula is C11H8N4O6S. The number of anilines is 1. The van der Waals surface area contributed by atoms with Gasteiger partial charge >= 0.3 is 11.0 Å². The molecule has 0 spiro atoms. The SMILES string of the molecule is O=C(COC(=O)c1ccc[nH]c1=O)Nc1ncc([N+](=O)[O-])s1. The van der Waals surface area contributed by atoms with Crippen LogP contribution in [-0.4, -0.2) is 33.4 Å². The number of aromatic amines is 1. The Morgan fingerprint density at radius 3 is 2.91 bits per heavy atom. The molecule has 0 aliphatic carbocycles. The highest BCUT2D eigenvalue weighted by Crippen LogP contribution is 2.24. The summed E-state index contributed by atoms with van der Waals surface area (Å²) in [6.07, 6.45) is 2.34. The minimum atomic E-state index is -0.956. The fourth-order valence-electron chi connectivity index (χ4n) is 1.35. The number of carbonyl (C=O) groups is 2. The summed E-state index contributed by atoms with van der Waals surface area (Å²) >= 11 is 0.665. The Morgan fingerprint density at radius 1 is 1.50 bits per heavy atom. The average molecular weight is 324 g/mol. The van der Waals surface area contributed by atoms with Crippen molar-refractivity contribution in [3.8, 4) is 0 Å². The Bertz CT molecular complexity index is 783. The second-order valence-electron chi connectivity index (χ2n) is 3.80. The number of thiazole rings is 1. The summed E-state index contributed by atoms with van der Waals surface area (Å²) in [4.78, 5) is 50.2. The van der Waals surface area contributed by atoms with Crippen molar-refractivity contribution in [2.75, 3.05) is 11.9 Å². The third kappa shape index (κ3) is 3.73. The van der Waals surface area contributed by atoms with Crippen LogP contribution in [0.2, 0.25) is 0 Å². The van der Waals surface area contributed by atoms with E-state index in [2.05, 4.69) is 20.0 Å². The first-order valence-electron chi connectivity index (χ1n) is 5.72. The molecule has 0 radical (unpaired) electrons. The number of aromatic nitrogens is 2. The number of ether oxygens (including phenoxy) is 1. The first-order valence-corrected chi connectivity index (χ1v) is 6.54. The summed E-state index contributed by atoms with van der Waals surface area (Å²) in [5.41, 5.74) is -0.872. The third-order valence-electron chi connectivity index (χ3n) is 2.29. The van der Waals surface area contributed by atoms with Crippen molar-refractivity contribution in [1.29, 1.82) is 0 Å². The zero-order valence-electron chi connectivity index (χ0n) is 10.8. The quantitative estimate of drug-likeness (QED) is 0.463. The number of esters is 1. The molecule has 2 rings (SSSR count). The number of nitrogens with zero attached hydrogens (tertiary/aromatic N) is 2. The molecule has 0 atom stereocenters. The van der Waals surface area contributed by atoms with Gasteiger partial charge in [-0.15, -0.1) is 0 Å². The molecule has 0 fully saturated rings. The number of nitrogens with one attached hydrogen (secondary N) is 2. The maximum atomic E-state index is 11.6. The minimum absolute atomic E-state index is 0.00491. The number of amides is 1. The topological polar surface area (TPSA) is 144 Å². The van der Waals surface area contributed by atoms with Crippen molar-refractivity contribution in [2.24, 2.45) is 0 Å². The van der Waals surface area contributed by atoms with Crippen molar-refractivity contribution in [2.45, 2.75) is 0 Å². The molecule has 2 aromatic rings. The molecule has 0 aliphatic heterocycles. The second kappa shape index (κ2) is 6.58. The largest absolute Gasteiger partial charge is 0.452 e. The Labute approximate surface area is 125 Å². The smallest absolute Gasteiger partial charge is 0.345 e. The standard InChI is InChI=1S/C11H8N4O6S/c16-7(14-11-13-4-8(22-11)15(19)20)5-21-10(18)6-2-1-3-12-9(6)17/h1-4H,5H2,(H,12,17)(H,13,14,16). The van der Waals surface area contributed by atoms with E-state index in [0.29, 0.717) is 11.3 Å². The van der Waals surface area contributed by atoms with E-state index in [1.165, 1.54) is 18.3 Å². The van der Waals surface area contributed by atoms with Crippen molar-refractivity contribution in [3.63, 3.8) is 0 Å². The first-order chi connectivity index (χ1) is 10.5. The van der Waals surface area contributed by atoms with Gasteiger partial charge in [-0.3, -0.25) is 25.0 Å². The van der Waals surface area contributed by atoms with Crippen molar-refractivity contribution >= 4 is 33.3 Å². The molecule has 0 aromatic carbocycles. The minimum Gasteiger partial charge on any atom is -0.452 e. The lowest BCUT2D eigenvalue weighted by molar-refractivity contribution is -0.380. The Balaban J connectivity index is 1.90. The van der Waals surface area contributed by atoms with E-state index in [4.69, 9.17) is 0 Å². The van der Waals surface area contributed by atoms with Gasteiger partial charge < -0.3 is 9.72 Å². The summed E-state index contributed by atoms with van der Waals surface area (Å²) in [5, 5.41) is 12.5. The number of H-pyrrole nitrogens is 1. The molecule has 0 bridgehead atoms. The monoisotopic (exact) mass is 324 g/mol. The first kappa shape index (κ1) is 15.3. The fraction of sp³-hybridized carbons (Fsp3) is 0.0909. The van der Waals surface area contributed by atoms with Gasteiger partial charge in [0.25, 0.3) is 11.5 Å². The molecule has 2 heterocycles. The molecular weight excluding hydrogens is 316 g/mol. The number of hydrogen-bond acceptors (Lipinski definition) is 8. The highest BCUT2D eigenvalue weighted by molar-refractivity contribution is 7.18. The van der Waals surface area contributed by atoms with Gasteiger partial charge in [0.1, 0.15) is 11.8 Å². The number of rotatable bonds is 5. The van der Waals surface area contributed by atoms with E-state index in [-0.39, 0.29) is 15.7 Å². The van der Waals surface area contributed by atoms with Crippen LogP contribution in [0.25, 0.3) is 0 Å². The molecule has 1 amide bonds. The van der Waals surface area contributed by atoms with Crippen molar-refractivity contribution < 1.29 is 19.2 Å². The average Bonchev–Trinajstić information content (AvgIpc) is 2.94. The highest BCUT2D eigenvalue weighted by Gasteiger charge is 2.16. The number of pyridine rings is 1. The van der Waals surface area contributed by atoms with E-state index in [9.17, 15) is 24.5 Å². The molecule has 2 N–H and O–H groups in total. The van der Waals surface area contributed by atoms with Crippen LogP contribution in [0.15, 0.2) is 29.3 Å². The molecule has 22 heavy (non-hydrogen) atoms. The lowest BCUT2D eigenvalue weighted by Gasteiger charge is -2.03. The van der Waals surface area contributed by atoms with Crippen LogP contribution >= 0.6 is 11.3 Å². The zero-order valence-corrected chi connectivity index (χ0v) is 11.6. The van der Waals surface area contributed by atoms with E-state index in [1.54, 1.807) is 0 Å². The van der Waals surface area contributed by atoms with Crippen molar-refractivity contribution in [1.82, 2.24) is 9.97 Å². The van der Waals surface area contributed by atoms with Gasteiger partial charge in [-0.25, -0.2) is 9.78 Å². The summed E-state index contributed by atoms with van der Waals surface area (Å²) in [6, 6.07) is 2.69. The van der Waals surface area contributed by atoms with Gasteiger partial charge in [0.2, 0.25) is 0 Å². The van der Waals surface area contributed by atoms with Crippen LogP contribution in [0, 0.1) is 10.1 Å².